The molecule has 0 saturated carbocycles. The Bertz CT molecular complexity index is 737. The number of hydrogen-bond acceptors (Lipinski definition) is 6. The molecule has 1 saturated heterocycles. The van der Waals surface area contributed by atoms with Crippen LogP contribution in [0.1, 0.15) is 31.1 Å². The molecule has 0 radical (unpaired) electrons. The SMILES string of the molecule is CC(C)(C)OC(=O)N1CCN(C(=S)NC(=O)c2ccc([N+](=O)[O-])cc2)CC1. The lowest BCUT2D eigenvalue weighted by Gasteiger charge is -2.36. The zero-order valence-electron chi connectivity index (χ0n) is 15.4. The van der Waals surface area contributed by atoms with Crippen molar-refractivity contribution in [1.29, 1.82) is 0 Å². The number of benzene rings is 1. The van der Waals surface area contributed by atoms with Crippen LogP contribution < -0.4 is 5.32 Å². The Hall–Kier alpha value is -2.75. The zero-order valence-corrected chi connectivity index (χ0v) is 16.2. The minimum atomic E-state index is -0.553. The van der Waals surface area contributed by atoms with Crippen molar-refractivity contribution in [3.8, 4) is 0 Å². The van der Waals surface area contributed by atoms with Crippen LogP contribution in [0, 0.1) is 10.1 Å². The second-order valence-electron chi connectivity index (χ2n) is 7.02. The smallest absolute Gasteiger partial charge is 0.410 e. The Morgan fingerprint density at radius 2 is 1.63 bits per heavy atom. The first-order valence-electron chi connectivity index (χ1n) is 8.39. The predicted octanol–water partition coefficient (Wildman–Crippen LogP) is 2.16. The van der Waals surface area contributed by atoms with Gasteiger partial charge < -0.3 is 14.5 Å². The van der Waals surface area contributed by atoms with E-state index in [1.54, 1.807) is 9.80 Å². The van der Waals surface area contributed by atoms with Gasteiger partial charge in [0.2, 0.25) is 0 Å². The van der Waals surface area contributed by atoms with Crippen molar-refractivity contribution in [3.63, 3.8) is 0 Å². The number of rotatable bonds is 2. The molecule has 1 aliphatic heterocycles. The van der Waals surface area contributed by atoms with Crippen molar-refractivity contribution < 1.29 is 19.2 Å². The van der Waals surface area contributed by atoms with Crippen molar-refractivity contribution in [1.82, 2.24) is 15.1 Å². The summed E-state index contributed by atoms with van der Waals surface area (Å²) in [5.74, 6) is -0.440. The van der Waals surface area contributed by atoms with Crippen LogP contribution in [0.15, 0.2) is 24.3 Å². The number of carbonyl (C=O) groups excluding carboxylic acids is 2. The van der Waals surface area contributed by atoms with Crippen molar-refractivity contribution in [2.24, 2.45) is 0 Å². The van der Waals surface area contributed by atoms with Gasteiger partial charge in [-0.25, -0.2) is 4.79 Å². The number of ether oxygens (including phenoxy) is 1. The molecule has 0 aliphatic carbocycles. The molecule has 0 unspecified atom stereocenters. The fraction of sp³-hybridized carbons (Fsp3) is 0.471. The van der Waals surface area contributed by atoms with Gasteiger partial charge >= 0.3 is 6.09 Å². The summed E-state index contributed by atoms with van der Waals surface area (Å²) in [5.41, 5.74) is -0.370. The molecule has 0 atom stereocenters. The monoisotopic (exact) mass is 394 g/mol. The molecule has 1 fully saturated rings. The van der Waals surface area contributed by atoms with Gasteiger partial charge in [0.1, 0.15) is 5.60 Å². The van der Waals surface area contributed by atoms with Crippen LogP contribution >= 0.6 is 12.2 Å². The maximum absolute atomic E-state index is 12.2. The van der Waals surface area contributed by atoms with Crippen LogP contribution in [0.2, 0.25) is 0 Å². The minimum Gasteiger partial charge on any atom is -0.444 e. The van der Waals surface area contributed by atoms with E-state index in [0.717, 1.165) is 0 Å². The summed E-state index contributed by atoms with van der Waals surface area (Å²) in [6, 6.07) is 5.27. The van der Waals surface area contributed by atoms with Gasteiger partial charge in [0, 0.05) is 43.9 Å². The number of piperazine rings is 1. The molecular formula is C17H22N4O5S. The number of amides is 2. The van der Waals surface area contributed by atoms with Crippen molar-refractivity contribution in [2.45, 2.75) is 26.4 Å². The lowest BCUT2D eigenvalue weighted by atomic mass is 10.2. The first kappa shape index (κ1) is 20.6. The lowest BCUT2D eigenvalue weighted by molar-refractivity contribution is -0.384. The average molecular weight is 394 g/mol. The summed E-state index contributed by atoms with van der Waals surface area (Å²) < 4.78 is 5.34. The summed E-state index contributed by atoms with van der Waals surface area (Å²) in [6.07, 6.45) is -0.372. The number of thiocarbonyl (C=S) groups is 1. The summed E-state index contributed by atoms with van der Waals surface area (Å²) in [5, 5.41) is 13.5. The molecule has 1 aromatic rings. The van der Waals surface area contributed by atoms with Crippen LogP contribution in [-0.4, -0.2) is 63.6 Å². The van der Waals surface area contributed by atoms with Crippen molar-refractivity contribution in [3.05, 3.63) is 39.9 Å². The van der Waals surface area contributed by atoms with Gasteiger partial charge in [0.25, 0.3) is 11.6 Å². The highest BCUT2D eigenvalue weighted by Crippen LogP contribution is 2.13. The number of nitrogens with zero attached hydrogens (tertiary/aromatic N) is 3. The summed E-state index contributed by atoms with van der Waals surface area (Å²) in [7, 11) is 0. The second kappa shape index (κ2) is 8.30. The van der Waals surface area contributed by atoms with E-state index in [2.05, 4.69) is 5.32 Å². The highest BCUT2D eigenvalue weighted by atomic mass is 32.1. The van der Waals surface area contributed by atoms with Gasteiger partial charge in [-0.3, -0.25) is 20.2 Å². The van der Waals surface area contributed by atoms with Crippen LogP contribution in [-0.2, 0) is 4.74 Å². The Labute approximate surface area is 162 Å². The van der Waals surface area contributed by atoms with Crippen LogP contribution in [0.4, 0.5) is 10.5 Å². The van der Waals surface area contributed by atoms with Crippen LogP contribution in [0.25, 0.3) is 0 Å². The van der Waals surface area contributed by atoms with Gasteiger partial charge in [0.05, 0.1) is 4.92 Å². The molecule has 2 amide bonds. The molecule has 0 bridgehead atoms. The largest absolute Gasteiger partial charge is 0.444 e. The minimum absolute atomic E-state index is 0.0904. The molecular weight excluding hydrogens is 372 g/mol. The normalized spacial score (nSPS) is 14.5. The topological polar surface area (TPSA) is 105 Å². The van der Waals surface area contributed by atoms with Crippen LogP contribution in [0.5, 0.6) is 0 Å². The molecule has 2 rings (SSSR count). The van der Waals surface area contributed by atoms with Crippen molar-refractivity contribution in [2.75, 3.05) is 26.2 Å². The van der Waals surface area contributed by atoms with Gasteiger partial charge in [-0.1, -0.05) is 0 Å². The van der Waals surface area contributed by atoms with E-state index in [9.17, 15) is 19.7 Å². The van der Waals surface area contributed by atoms with Crippen LogP contribution in [0.3, 0.4) is 0 Å². The third-order valence-corrected chi connectivity index (χ3v) is 4.14. The first-order valence-corrected chi connectivity index (χ1v) is 8.80. The Morgan fingerprint density at radius 1 is 1.11 bits per heavy atom. The van der Waals surface area contributed by atoms with Crippen molar-refractivity contribution >= 4 is 35.0 Å². The molecule has 1 aromatic carbocycles. The van der Waals surface area contributed by atoms with E-state index in [1.165, 1.54) is 24.3 Å². The van der Waals surface area contributed by atoms with Gasteiger partial charge in [0.15, 0.2) is 5.11 Å². The number of non-ortho nitro benzene ring substituents is 1. The predicted molar refractivity (Wildman–Crippen MR) is 103 cm³/mol. The number of nitrogens with one attached hydrogen (secondary N) is 1. The molecule has 1 N–H and O–H groups in total. The Morgan fingerprint density at radius 3 is 2.11 bits per heavy atom. The maximum atomic E-state index is 12.2. The molecule has 146 valence electrons. The third-order valence-electron chi connectivity index (χ3n) is 3.78. The molecule has 1 aliphatic rings. The Kier molecular flexibility index (Phi) is 6.32. The van der Waals surface area contributed by atoms with E-state index in [4.69, 9.17) is 17.0 Å². The van der Waals surface area contributed by atoms with E-state index in [-0.39, 0.29) is 22.5 Å². The molecule has 27 heavy (non-hydrogen) atoms. The summed E-state index contributed by atoms with van der Waals surface area (Å²) in [4.78, 5) is 37.8. The van der Waals surface area contributed by atoms with E-state index in [0.29, 0.717) is 26.2 Å². The highest BCUT2D eigenvalue weighted by molar-refractivity contribution is 7.80. The second-order valence-corrected chi connectivity index (χ2v) is 7.40. The average Bonchev–Trinajstić information content (AvgIpc) is 2.60. The number of nitro groups is 1. The van der Waals surface area contributed by atoms with E-state index < -0.39 is 16.4 Å². The molecule has 9 nitrogen and oxygen atoms in total. The Balaban J connectivity index is 1.86. The lowest BCUT2D eigenvalue weighted by Crippen LogP contribution is -2.54. The van der Waals surface area contributed by atoms with E-state index >= 15 is 0 Å². The highest BCUT2D eigenvalue weighted by Gasteiger charge is 2.27. The number of nitro benzene ring substituents is 1. The maximum Gasteiger partial charge on any atom is 0.410 e. The third kappa shape index (κ3) is 5.88. The molecule has 10 heteroatoms. The van der Waals surface area contributed by atoms with E-state index in [1.807, 2.05) is 20.8 Å². The van der Waals surface area contributed by atoms with Gasteiger partial charge in [-0.2, -0.15) is 0 Å². The quantitative estimate of drug-likeness (QED) is 0.465. The first-order chi connectivity index (χ1) is 12.6. The standard InChI is InChI=1S/C17H22N4O5S/c1-17(2,3)26-16(23)20-10-8-19(9-11-20)15(27)18-14(22)12-4-6-13(7-5-12)21(24)25/h4-7H,8-11H2,1-3H3,(H,18,22,27). The zero-order chi connectivity index (χ0) is 20.2. The molecule has 0 spiro atoms. The fourth-order valence-electron chi connectivity index (χ4n) is 2.40. The van der Waals surface area contributed by atoms with Gasteiger partial charge in [-0.15, -0.1) is 0 Å². The number of carbonyl (C=O) groups is 2. The summed E-state index contributed by atoms with van der Waals surface area (Å²) >= 11 is 5.26. The van der Waals surface area contributed by atoms with Gasteiger partial charge in [-0.05, 0) is 45.1 Å². The summed E-state index contributed by atoms with van der Waals surface area (Å²) in [6.45, 7) is 7.24. The number of hydrogen-bond donors (Lipinski definition) is 1. The fourth-order valence-corrected chi connectivity index (χ4v) is 2.68. The molecule has 1 heterocycles. The molecule has 0 aromatic heterocycles.